The van der Waals surface area contributed by atoms with Gasteiger partial charge in [-0.15, -0.1) is 0 Å². The standard InChI is InChI=1S/C18H25NO4/c1-19(22-3)18(20)15-11-14(15)12-8-9-16(21-2)17(10-12)23-13-6-4-5-7-13/h8-10,13-15H,4-7,11H2,1-3H3/t14-,15+/m1/s1. The van der Waals surface area contributed by atoms with Crippen LogP contribution in [0.4, 0.5) is 0 Å². The number of hydroxylamine groups is 2. The molecule has 0 aromatic heterocycles. The van der Waals surface area contributed by atoms with Gasteiger partial charge in [-0.05, 0) is 55.7 Å². The highest BCUT2D eigenvalue weighted by molar-refractivity contribution is 5.82. The highest BCUT2D eigenvalue weighted by Gasteiger charge is 2.45. The van der Waals surface area contributed by atoms with E-state index in [0.717, 1.165) is 36.3 Å². The quantitative estimate of drug-likeness (QED) is 0.756. The highest BCUT2D eigenvalue weighted by Crippen LogP contribution is 2.50. The fraction of sp³-hybridized carbons (Fsp3) is 0.611. The Hall–Kier alpha value is -1.75. The van der Waals surface area contributed by atoms with E-state index in [2.05, 4.69) is 0 Å². The van der Waals surface area contributed by atoms with Gasteiger partial charge in [-0.25, -0.2) is 5.06 Å². The number of methoxy groups -OCH3 is 1. The summed E-state index contributed by atoms with van der Waals surface area (Å²) >= 11 is 0. The predicted molar refractivity (Wildman–Crippen MR) is 86.5 cm³/mol. The van der Waals surface area contributed by atoms with E-state index in [1.54, 1.807) is 14.2 Å². The highest BCUT2D eigenvalue weighted by atomic mass is 16.7. The van der Waals surface area contributed by atoms with Gasteiger partial charge in [0.2, 0.25) is 5.91 Å². The van der Waals surface area contributed by atoms with E-state index >= 15 is 0 Å². The smallest absolute Gasteiger partial charge is 0.249 e. The number of carbonyl (C=O) groups excluding carboxylic acids is 1. The van der Waals surface area contributed by atoms with Crippen molar-refractivity contribution in [3.8, 4) is 11.5 Å². The summed E-state index contributed by atoms with van der Waals surface area (Å²) in [5.74, 6) is 1.85. The Morgan fingerprint density at radius 3 is 2.57 bits per heavy atom. The molecular weight excluding hydrogens is 294 g/mol. The van der Waals surface area contributed by atoms with Gasteiger partial charge in [0.15, 0.2) is 11.5 Å². The average Bonchev–Trinajstić information content (AvgIpc) is 3.22. The molecule has 5 nitrogen and oxygen atoms in total. The molecule has 1 aromatic rings. The van der Waals surface area contributed by atoms with Crippen molar-refractivity contribution >= 4 is 5.91 Å². The number of nitrogens with zero attached hydrogens (tertiary/aromatic N) is 1. The monoisotopic (exact) mass is 319 g/mol. The van der Waals surface area contributed by atoms with Crippen molar-refractivity contribution < 1.29 is 19.1 Å². The van der Waals surface area contributed by atoms with E-state index in [9.17, 15) is 4.79 Å². The summed E-state index contributed by atoms with van der Waals surface area (Å²) in [6, 6.07) is 6.02. The molecule has 1 amide bonds. The van der Waals surface area contributed by atoms with Crippen LogP contribution in [0.25, 0.3) is 0 Å². The minimum atomic E-state index is 0.00711. The van der Waals surface area contributed by atoms with Crippen LogP contribution in [0.5, 0.6) is 11.5 Å². The van der Waals surface area contributed by atoms with Gasteiger partial charge in [0.1, 0.15) is 0 Å². The lowest BCUT2D eigenvalue weighted by Crippen LogP contribution is -2.27. The third-order valence-corrected chi connectivity index (χ3v) is 4.90. The van der Waals surface area contributed by atoms with Crippen molar-refractivity contribution in [2.75, 3.05) is 21.3 Å². The molecule has 2 atom stereocenters. The Morgan fingerprint density at radius 2 is 1.91 bits per heavy atom. The van der Waals surface area contributed by atoms with E-state index < -0.39 is 0 Å². The topological polar surface area (TPSA) is 48.0 Å². The van der Waals surface area contributed by atoms with Crippen molar-refractivity contribution in [2.45, 2.75) is 44.1 Å². The van der Waals surface area contributed by atoms with E-state index in [1.807, 2.05) is 18.2 Å². The van der Waals surface area contributed by atoms with E-state index in [0.29, 0.717) is 0 Å². The van der Waals surface area contributed by atoms with Crippen LogP contribution in [-0.2, 0) is 9.63 Å². The van der Waals surface area contributed by atoms with Gasteiger partial charge in [0.05, 0.1) is 20.3 Å². The number of benzene rings is 1. The Bertz CT molecular complexity index is 568. The minimum absolute atomic E-state index is 0.00711. The first-order chi connectivity index (χ1) is 11.1. The van der Waals surface area contributed by atoms with Gasteiger partial charge in [0, 0.05) is 13.0 Å². The molecule has 2 aliphatic carbocycles. The first-order valence-corrected chi connectivity index (χ1v) is 8.30. The second-order valence-corrected chi connectivity index (χ2v) is 6.40. The number of hydrogen-bond acceptors (Lipinski definition) is 4. The second kappa shape index (κ2) is 6.79. The molecule has 0 aliphatic heterocycles. The Kier molecular flexibility index (Phi) is 4.76. The molecule has 0 unspecified atom stereocenters. The van der Waals surface area contributed by atoms with Gasteiger partial charge in [-0.1, -0.05) is 6.07 Å². The molecule has 1 aromatic carbocycles. The molecule has 5 heteroatoms. The molecule has 23 heavy (non-hydrogen) atoms. The van der Waals surface area contributed by atoms with Crippen molar-refractivity contribution in [3.63, 3.8) is 0 Å². The molecule has 0 bridgehead atoms. The Morgan fingerprint density at radius 1 is 1.17 bits per heavy atom. The molecule has 0 radical (unpaired) electrons. The summed E-state index contributed by atoms with van der Waals surface area (Å²) in [6.45, 7) is 0. The average molecular weight is 319 g/mol. The molecule has 0 N–H and O–H groups in total. The van der Waals surface area contributed by atoms with Crippen molar-refractivity contribution in [1.82, 2.24) is 5.06 Å². The summed E-state index contributed by atoms with van der Waals surface area (Å²) in [5, 5.41) is 1.31. The molecule has 3 rings (SSSR count). The van der Waals surface area contributed by atoms with Crippen LogP contribution in [0.3, 0.4) is 0 Å². The lowest BCUT2D eigenvalue weighted by molar-refractivity contribution is -0.170. The first-order valence-electron chi connectivity index (χ1n) is 8.30. The normalized spacial score (nSPS) is 23.6. The van der Waals surface area contributed by atoms with Gasteiger partial charge in [-0.2, -0.15) is 0 Å². The minimum Gasteiger partial charge on any atom is -0.493 e. The van der Waals surface area contributed by atoms with Gasteiger partial charge < -0.3 is 9.47 Å². The number of amides is 1. The largest absolute Gasteiger partial charge is 0.493 e. The second-order valence-electron chi connectivity index (χ2n) is 6.40. The molecule has 126 valence electrons. The third kappa shape index (κ3) is 3.44. The SMILES string of the molecule is COc1ccc([C@H]2C[C@@H]2C(=O)N(C)OC)cc1OC1CCCC1. The number of hydrogen-bond donors (Lipinski definition) is 0. The first kappa shape index (κ1) is 16.1. The lowest BCUT2D eigenvalue weighted by atomic mass is 10.1. The fourth-order valence-corrected chi connectivity index (χ4v) is 3.36. The molecule has 0 saturated heterocycles. The summed E-state index contributed by atoms with van der Waals surface area (Å²) in [6.07, 6.45) is 5.83. The van der Waals surface area contributed by atoms with Crippen LogP contribution < -0.4 is 9.47 Å². The van der Waals surface area contributed by atoms with Crippen LogP contribution in [0.2, 0.25) is 0 Å². The van der Waals surface area contributed by atoms with Crippen molar-refractivity contribution in [2.24, 2.45) is 5.92 Å². The maximum atomic E-state index is 12.2. The molecule has 0 heterocycles. The Balaban J connectivity index is 1.72. The molecule has 2 fully saturated rings. The van der Waals surface area contributed by atoms with Crippen molar-refractivity contribution in [1.29, 1.82) is 0 Å². The van der Waals surface area contributed by atoms with Gasteiger partial charge >= 0.3 is 0 Å². The van der Waals surface area contributed by atoms with Crippen LogP contribution in [0, 0.1) is 5.92 Å². The summed E-state index contributed by atoms with van der Waals surface area (Å²) in [4.78, 5) is 17.1. The summed E-state index contributed by atoms with van der Waals surface area (Å²) in [7, 11) is 4.82. The third-order valence-electron chi connectivity index (χ3n) is 4.90. The predicted octanol–water partition coefficient (Wildman–Crippen LogP) is 3.14. The molecular formula is C18H25NO4. The van der Waals surface area contributed by atoms with Crippen LogP contribution >= 0.6 is 0 Å². The van der Waals surface area contributed by atoms with Crippen LogP contribution in [0.15, 0.2) is 18.2 Å². The number of ether oxygens (including phenoxy) is 2. The van der Waals surface area contributed by atoms with Crippen LogP contribution in [-0.4, -0.2) is 38.3 Å². The maximum absolute atomic E-state index is 12.2. The van der Waals surface area contributed by atoms with E-state index in [-0.39, 0.29) is 23.8 Å². The summed E-state index contributed by atoms with van der Waals surface area (Å²) < 4.78 is 11.6. The van der Waals surface area contributed by atoms with Crippen LogP contribution in [0.1, 0.15) is 43.6 Å². The van der Waals surface area contributed by atoms with Gasteiger partial charge in [0.25, 0.3) is 0 Å². The molecule has 2 aliphatic rings. The van der Waals surface area contributed by atoms with Gasteiger partial charge in [-0.3, -0.25) is 9.63 Å². The zero-order valence-electron chi connectivity index (χ0n) is 14.1. The molecule has 0 spiro atoms. The maximum Gasteiger partial charge on any atom is 0.249 e. The fourth-order valence-electron chi connectivity index (χ4n) is 3.36. The zero-order valence-corrected chi connectivity index (χ0v) is 14.1. The summed E-state index contributed by atoms with van der Waals surface area (Å²) in [5.41, 5.74) is 1.14. The number of rotatable bonds is 6. The van der Waals surface area contributed by atoms with E-state index in [4.69, 9.17) is 14.3 Å². The molecule has 2 saturated carbocycles. The lowest BCUT2D eigenvalue weighted by Gasteiger charge is -2.17. The Labute approximate surface area is 137 Å². The zero-order chi connectivity index (χ0) is 16.4. The number of carbonyl (C=O) groups is 1. The van der Waals surface area contributed by atoms with Crippen molar-refractivity contribution in [3.05, 3.63) is 23.8 Å². The van der Waals surface area contributed by atoms with E-state index in [1.165, 1.54) is 25.0 Å².